The summed E-state index contributed by atoms with van der Waals surface area (Å²) in [6.07, 6.45) is 5.28. The minimum atomic E-state index is -3.54. The van der Waals surface area contributed by atoms with Gasteiger partial charge in [-0.15, -0.1) is 0 Å². The van der Waals surface area contributed by atoms with Gasteiger partial charge in [0.25, 0.3) is 5.91 Å². The molecule has 1 amide bonds. The Balaban J connectivity index is 1.57. The second-order valence-electron chi connectivity index (χ2n) is 8.90. The van der Waals surface area contributed by atoms with Gasteiger partial charge in [-0.1, -0.05) is 37.7 Å². The second kappa shape index (κ2) is 9.91. The van der Waals surface area contributed by atoms with Crippen molar-refractivity contribution < 1.29 is 13.2 Å². The van der Waals surface area contributed by atoms with Crippen LogP contribution in [0.25, 0.3) is 10.2 Å². The maximum atomic E-state index is 13.0. The topological polar surface area (TPSA) is 71.7 Å². The molecule has 2 aromatic carbocycles. The van der Waals surface area contributed by atoms with Gasteiger partial charge in [0.05, 0.1) is 15.1 Å². The van der Waals surface area contributed by atoms with Crippen LogP contribution in [-0.2, 0) is 23.5 Å². The van der Waals surface area contributed by atoms with Crippen molar-refractivity contribution in [2.45, 2.75) is 50.8 Å². The highest BCUT2D eigenvalue weighted by Gasteiger charge is 2.28. The monoisotopic (exact) mass is 485 g/mol. The lowest BCUT2D eigenvalue weighted by Crippen LogP contribution is -2.39. The summed E-state index contributed by atoms with van der Waals surface area (Å²) in [6.45, 7) is 5.35. The maximum absolute atomic E-state index is 13.0. The van der Waals surface area contributed by atoms with Crippen LogP contribution in [0.3, 0.4) is 0 Å². The summed E-state index contributed by atoms with van der Waals surface area (Å²) in [5.41, 5.74) is 2.72. The number of carbonyl (C=O) groups excluding carboxylic acids is 1. The largest absolute Gasteiger partial charge is 0.319 e. The quantitative estimate of drug-likeness (QED) is 0.506. The van der Waals surface area contributed by atoms with Crippen LogP contribution in [0.2, 0.25) is 0 Å². The molecule has 1 atom stereocenters. The smallest absolute Gasteiger partial charge is 0.279 e. The molecule has 3 aromatic rings. The Kier molecular flexibility index (Phi) is 7.16. The zero-order chi connectivity index (χ0) is 23.6. The first-order valence-corrected chi connectivity index (χ1v) is 13.8. The van der Waals surface area contributed by atoms with Crippen LogP contribution in [0.5, 0.6) is 0 Å². The van der Waals surface area contributed by atoms with E-state index >= 15 is 0 Å². The number of sulfonamides is 1. The number of benzene rings is 2. The molecule has 8 heteroatoms. The number of hydrogen-bond acceptors (Lipinski definition) is 4. The lowest BCUT2D eigenvalue weighted by Gasteiger charge is -2.30. The molecule has 176 valence electrons. The van der Waals surface area contributed by atoms with Crippen molar-refractivity contribution in [3.05, 3.63) is 58.4 Å². The number of amides is 1. The van der Waals surface area contributed by atoms with Crippen molar-refractivity contribution in [2.75, 3.05) is 13.1 Å². The van der Waals surface area contributed by atoms with E-state index in [4.69, 9.17) is 0 Å². The van der Waals surface area contributed by atoms with Crippen LogP contribution in [0.4, 0.5) is 0 Å². The molecule has 4 rings (SSSR count). The summed E-state index contributed by atoms with van der Waals surface area (Å²) in [5.74, 6) is -0.0168. The van der Waals surface area contributed by atoms with Crippen molar-refractivity contribution in [1.82, 2.24) is 8.87 Å². The number of hydrogen-bond donors (Lipinski definition) is 0. The lowest BCUT2D eigenvalue weighted by molar-refractivity contribution is 0.0998. The molecule has 1 aromatic heterocycles. The molecule has 1 saturated heterocycles. The highest BCUT2D eigenvalue weighted by molar-refractivity contribution is 7.89. The SMILES string of the molecule is CCCCc1ccc2c(c1)sc(=NC(=O)c1ccc(S(=O)(=O)N3CCCC(C)C3)cc1)n2C. The molecule has 1 fully saturated rings. The number of aryl methyl sites for hydroxylation is 2. The van der Waals surface area contributed by atoms with E-state index in [1.807, 2.05) is 11.6 Å². The Labute approximate surface area is 199 Å². The number of thiazole rings is 1. The summed E-state index contributed by atoms with van der Waals surface area (Å²) in [5, 5.41) is 0. The van der Waals surface area contributed by atoms with Gasteiger partial charge in [0, 0.05) is 25.7 Å². The highest BCUT2D eigenvalue weighted by Crippen LogP contribution is 2.24. The van der Waals surface area contributed by atoms with E-state index in [2.05, 4.69) is 37.0 Å². The predicted octanol–water partition coefficient (Wildman–Crippen LogP) is 4.74. The Morgan fingerprint density at radius 2 is 1.94 bits per heavy atom. The van der Waals surface area contributed by atoms with Crippen LogP contribution >= 0.6 is 11.3 Å². The number of fused-ring (bicyclic) bond motifs is 1. The zero-order valence-electron chi connectivity index (χ0n) is 19.5. The van der Waals surface area contributed by atoms with Gasteiger partial charge in [-0.05, 0) is 73.6 Å². The summed E-state index contributed by atoms with van der Waals surface area (Å²) < 4.78 is 30.5. The number of carbonyl (C=O) groups is 1. The maximum Gasteiger partial charge on any atom is 0.279 e. The number of unbranched alkanes of at least 4 members (excludes halogenated alkanes) is 1. The molecule has 0 aliphatic carbocycles. The summed E-state index contributed by atoms with van der Waals surface area (Å²) >= 11 is 1.49. The van der Waals surface area contributed by atoms with Crippen LogP contribution in [-0.4, -0.2) is 36.3 Å². The van der Waals surface area contributed by atoms with E-state index in [-0.39, 0.29) is 10.8 Å². The fraction of sp³-hybridized carbons (Fsp3) is 0.440. The predicted molar refractivity (Wildman–Crippen MR) is 133 cm³/mol. The van der Waals surface area contributed by atoms with Gasteiger partial charge in [-0.2, -0.15) is 9.30 Å². The standard InChI is InChI=1S/C25H31N3O3S2/c1-4-5-8-19-9-14-22-23(16-19)32-25(27(22)3)26-24(29)20-10-12-21(13-11-20)33(30,31)28-15-6-7-18(2)17-28/h9-14,16,18H,4-8,15,17H2,1-3H3. The molecule has 0 saturated carbocycles. The molecular weight excluding hydrogens is 454 g/mol. The normalized spacial score (nSPS) is 18.2. The van der Waals surface area contributed by atoms with Crippen LogP contribution in [0.15, 0.2) is 52.4 Å². The summed E-state index contributed by atoms with van der Waals surface area (Å²) in [6, 6.07) is 12.6. The van der Waals surface area contributed by atoms with Gasteiger partial charge in [-0.3, -0.25) is 4.79 Å². The minimum Gasteiger partial charge on any atom is -0.319 e. The Morgan fingerprint density at radius 1 is 1.18 bits per heavy atom. The van der Waals surface area contributed by atoms with Crippen molar-refractivity contribution in [3.8, 4) is 0 Å². The fourth-order valence-electron chi connectivity index (χ4n) is 4.26. The number of aromatic nitrogens is 1. The molecule has 1 aliphatic heterocycles. The molecule has 0 spiro atoms. The second-order valence-corrected chi connectivity index (χ2v) is 11.8. The third-order valence-corrected chi connectivity index (χ3v) is 9.22. The Bertz CT molecular complexity index is 1320. The van der Waals surface area contributed by atoms with E-state index in [9.17, 15) is 13.2 Å². The van der Waals surface area contributed by atoms with Crippen LogP contribution < -0.4 is 4.80 Å². The Morgan fingerprint density at radius 3 is 2.64 bits per heavy atom. The highest BCUT2D eigenvalue weighted by atomic mass is 32.2. The fourth-order valence-corrected chi connectivity index (χ4v) is 6.93. The van der Waals surface area contributed by atoms with Crippen molar-refractivity contribution in [3.63, 3.8) is 0 Å². The first-order chi connectivity index (χ1) is 15.8. The van der Waals surface area contributed by atoms with E-state index in [1.165, 1.54) is 29.0 Å². The van der Waals surface area contributed by atoms with Gasteiger partial charge in [0.1, 0.15) is 0 Å². The van der Waals surface area contributed by atoms with E-state index < -0.39 is 10.0 Å². The third kappa shape index (κ3) is 5.13. The first kappa shape index (κ1) is 23.9. The molecule has 0 N–H and O–H groups in total. The molecule has 1 unspecified atom stereocenters. The molecule has 33 heavy (non-hydrogen) atoms. The third-order valence-electron chi connectivity index (χ3n) is 6.25. The van der Waals surface area contributed by atoms with E-state index in [0.29, 0.717) is 29.4 Å². The van der Waals surface area contributed by atoms with Crippen molar-refractivity contribution >= 4 is 37.5 Å². The number of piperidine rings is 1. The van der Waals surface area contributed by atoms with Crippen molar-refractivity contribution in [2.24, 2.45) is 18.0 Å². The van der Waals surface area contributed by atoms with Crippen LogP contribution in [0, 0.1) is 5.92 Å². The van der Waals surface area contributed by atoms with E-state index in [0.717, 1.165) is 42.3 Å². The average molecular weight is 486 g/mol. The number of nitrogens with zero attached hydrogens (tertiary/aromatic N) is 3. The minimum absolute atomic E-state index is 0.222. The van der Waals surface area contributed by atoms with Gasteiger partial charge < -0.3 is 4.57 Å². The summed E-state index contributed by atoms with van der Waals surface area (Å²) in [4.78, 5) is 18.0. The molecular formula is C25H31N3O3S2. The zero-order valence-corrected chi connectivity index (χ0v) is 21.1. The molecule has 0 bridgehead atoms. The van der Waals surface area contributed by atoms with Crippen LogP contribution in [0.1, 0.15) is 55.5 Å². The Hall–Kier alpha value is -2.29. The lowest BCUT2D eigenvalue weighted by atomic mass is 10.0. The molecule has 2 heterocycles. The van der Waals surface area contributed by atoms with Crippen molar-refractivity contribution in [1.29, 1.82) is 0 Å². The molecule has 6 nitrogen and oxygen atoms in total. The van der Waals surface area contributed by atoms with Gasteiger partial charge in [-0.25, -0.2) is 8.42 Å². The number of rotatable bonds is 6. The van der Waals surface area contributed by atoms with Gasteiger partial charge >= 0.3 is 0 Å². The van der Waals surface area contributed by atoms with E-state index in [1.54, 1.807) is 16.4 Å². The average Bonchev–Trinajstić information content (AvgIpc) is 3.12. The molecule has 1 aliphatic rings. The van der Waals surface area contributed by atoms with Gasteiger partial charge in [0.2, 0.25) is 10.0 Å². The summed E-state index contributed by atoms with van der Waals surface area (Å²) in [7, 11) is -1.63. The van der Waals surface area contributed by atoms with Gasteiger partial charge in [0.15, 0.2) is 4.80 Å². The molecule has 0 radical (unpaired) electrons. The first-order valence-electron chi connectivity index (χ1n) is 11.6.